The van der Waals surface area contributed by atoms with E-state index in [4.69, 9.17) is 27.9 Å². The summed E-state index contributed by atoms with van der Waals surface area (Å²) in [5.41, 5.74) is 2.52. The van der Waals surface area contributed by atoms with E-state index in [-0.39, 0.29) is 0 Å². The standard InChI is InChI=1S/C19H23Cl2NO/c1-14(3-4-15-5-9-18(23-2)10-6-15)22-12-11-16-7-8-17(20)13-19(16)21/h5-10,13-14,22H,3-4,11-12H2,1-2H3/p+1/t14-/m1/s1. The summed E-state index contributed by atoms with van der Waals surface area (Å²) in [7, 11) is 1.69. The molecule has 0 saturated heterocycles. The molecule has 2 N–H and O–H groups in total. The largest absolute Gasteiger partial charge is 0.497 e. The highest BCUT2D eigenvalue weighted by molar-refractivity contribution is 6.35. The number of hydrogen-bond donors (Lipinski definition) is 1. The maximum Gasteiger partial charge on any atom is 0.118 e. The minimum absolute atomic E-state index is 0.586. The van der Waals surface area contributed by atoms with E-state index in [1.165, 1.54) is 5.56 Å². The number of methoxy groups -OCH3 is 1. The maximum absolute atomic E-state index is 6.20. The molecule has 0 aliphatic carbocycles. The lowest BCUT2D eigenvalue weighted by Crippen LogP contribution is -2.89. The Morgan fingerprint density at radius 2 is 1.78 bits per heavy atom. The molecule has 4 heteroatoms. The molecule has 124 valence electrons. The second-order valence-electron chi connectivity index (χ2n) is 5.87. The SMILES string of the molecule is COc1ccc(CC[C@@H](C)[NH2+]CCc2ccc(Cl)cc2Cl)cc1. The molecule has 0 radical (unpaired) electrons. The van der Waals surface area contributed by atoms with Crippen LogP contribution in [0.5, 0.6) is 5.75 Å². The third kappa shape index (κ3) is 6.06. The van der Waals surface area contributed by atoms with Crippen molar-refractivity contribution in [2.24, 2.45) is 0 Å². The Labute approximate surface area is 148 Å². The number of halogens is 2. The number of ether oxygens (including phenoxy) is 1. The summed E-state index contributed by atoms with van der Waals surface area (Å²) in [4.78, 5) is 0. The molecule has 0 heterocycles. The van der Waals surface area contributed by atoms with Gasteiger partial charge in [-0.05, 0) is 48.7 Å². The first-order valence-electron chi connectivity index (χ1n) is 7.98. The molecular weight excluding hydrogens is 329 g/mol. The van der Waals surface area contributed by atoms with Crippen LogP contribution in [-0.2, 0) is 12.8 Å². The molecule has 0 unspecified atom stereocenters. The minimum Gasteiger partial charge on any atom is -0.497 e. The number of quaternary nitrogens is 1. The monoisotopic (exact) mass is 352 g/mol. The smallest absolute Gasteiger partial charge is 0.118 e. The van der Waals surface area contributed by atoms with E-state index in [9.17, 15) is 0 Å². The van der Waals surface area contributed by atoms with Gasteiger partial charge in [0.1, 0.15) is 5.75 Å². The lowest BCUT2D eigenvalue weighted by Gasteiger charge is -2.11. The fourth-order valence-electron chi connectivity index (χ4n) is 2.55. The summed E-state index contributed by atoms with van der Waals surface area (Å²) < 4.78 is 5.18. The van der Waals surface area contributed by atoms with E-state index in [2.05, 4.69) is 24.4 Å². The number of benzene rings is 2. The van der Waals surface area contributed by atoms with Crippen molar-refractivity contribution in [2.45, 2.75) is 32.2 Å². The van der Waals surface area contributed by atoms with Crippen molar-refractivity contribution in [1.82, 2.24) is 0 Å². The quantitative estimate of drug-likeness (QED) is 0.759. The van der Waals surface area contributed by atoms with Crippen molar-refractivity contribution in [3.8, 4) is 5.75 Å². The third-order valence-electron chi connectivity index (χ3n) is 4.05. The van der Waals surface area contributed by atoms with Crippen molar-refractivity contribution in [3.63, 3.8) is 0 Å². The Balaban J connectivity index is 1.71. The fraction of sp³-hybridized carbons (Fsp3) is 0.368. The highest BCUT2D eigenvalue weighted by atomic mass is 35.5. The highest BCUT2D eigenvalue weighted by Crippen LogP contribution is 2.20. The summed E-state index contributed by atoms with van der Waals surface area (Å²) in [6.07, 6.45) is 3.20. The first-order chi connectivity index (χ1) is 11.1. The van der Waals surface area contributed by atoms with Crippen LogP contribution in [0.15, 0.2) is 42.5 Å². The second kappa shape index (κ2) is 9.17. The van der Waals surface area contributed by atoms with E-state index >= 15 is 0 Å². The molecule has 0 fully saturated rings. The Morgan fingerprint density at radius 1 is 1.04 bits per heavy atom. The molecule has 2 nitrogen and oxygen atoms in total. The number of aryl methyl sites for hydroxylation is 1. The van der Waals surface area contributed by atoms with Crippen LogP contribution in [0.1, 0.15) is 24.5 Å². The predicted molar refractivity (Wildman–Crippen MR) is 97.7 cm³/mol. The summed E-state index contributed by atoms with van der Waals surface area (Å²) in [5.74, 6) is 0.910. The van der Waals surface area contributed by atoms with Crippen molar-refractivity contribution in [1.29, 1.82) is 0 Å². The summed E-state index contributed by atoms with van der Waals surface area (Å²) in [5, 5.41) is 3.83. The van der Waals surface area contributed by atoms with Crippen LogP contribution in [-0.4, -0.2) is 19.7 Å². The first-order valence-corrected chi connectivity index (χ1v) is 8.74. The lowest BCUT2D eigenvalue weighted by molar-refractivity contribution is -0.686. The van der Waals surface area contributed by atoms with E-state index < -0.39 is 0 Å². The third-order valence-corrected chi connectivity index (χ3v) is 4.63. The lowest BCUT2D eigenvalue weighted by atomic mass is 10.1. The van der Waals surface area contributed by atoms with E-state index in [0.717, 1.165) is 42.1 Å². The molecule has 2 aromatic rings. The molecule has 2 aromatic carbocycles. The van der Waals surface area contributed by atoms with Gasteiger partial charge in [-0.3, -0.25) is 0 Å². The van der Waals surface area contributed by atoms with Gasteiger partial charge in [0.2, 0.25) is 0 Å². The summed E-state index contributed by atoms with van der Waals surface area (Å²) in [6, 6.07) is 14.6. The van der Waals surface area contributed by atoms with Crippen LogP contribution in [0.3, 0.4) is 0 Å². The molecule has 0 saturated carbocycles. The van der Waals surface area contributed by atoms with Gasteiger partial charge < -0.3 is 10.1 Å². The molecule has 0 spiro atoms. The van der Waals surface area contributed by atoms with Crippen molar-refractivity contribution in [2.75, 3.05) is 13.7 Å². The average molecular weight is 353 g/mol. The zero-order valence-electron chi connectivity index (χ0n) is 13.7. The second-order valence-corrected chi connectivity index (χ2v) is 6.72. The Kier molecular flexibility index (Phi) is 7.22. The molecule has 2 rings (SSSR count). The van der Waals surface area contributed by atoms with E-state index in [0.29, 0.717) is 11.1 Å². The molecule has 1 atom stereocenters. The van der Waals surface area contributed by atoms with Crippen LogP contribution in [0.25, 0.3) is 0 Å². The van der Waals surface area contributed by atoms with Gasteiger partial charge in [-0.1, -0.05) is 41.4 Å². The van der Waals surface area contributed by atoms with Gasteiger partial charge in [0, 0.05) is 22.9 Å². The minimum atomic E-state index is 0.586. The Morgan fingerprint density at radius 3 is 2.43 bits per heavy atom. The van der Waals surface area contributed by atoms with Gasteiger partial charge in [0.25, 0.3) is 0 Å². The van der Waals surface area contributed by atoms with Gasteiger partial charge in [-0.15, -0.1) is 0 Å². The van der Waals surface area contributed by atoms with Gasteiger partial charge >= 0.3 is 0 Å². The van der Waals surface area contributed by atoms with Crippen LogP contribution in [0, 0.1) is 0 Å². The molecule has 0 amide bonds. The summed E-state index contributed by atoms with van der Waals surface area (Å²) >= 11 is 12.1. The van der Waals surface area contributed by atoms with Crippen molar-refractivity contribution in [3.05, 3.63) is 63.6 Å². The van der Waals surface area contributed by atoms with Gasteiger partial charge in [0.15, 0.2) is 0 Å². The molecule has 0 bridgehead atoms. The van der Waals surface area contributed by atoms with Crippen LogP contribution in [0.4, 0.5) is 0 Å². The van der Waals surface area contributed by atoms with Crippen LogP contribution in [0.2, 0.25) is 10.0 Å². The van der Waals surface area contributed by atoms with E-state index in [1.807, 2.05) is 30.3 Å². The molecule has 0 aromatic heterocycles. The maximum atomic E-state index is 6.20. The van der Waals surface area contributed by atoms with Crippen LogP contribution < -0.4 is 10.1 Å². The number of hydrogen-bond acceptors (Lipinski definition) is 1. The van der Waals surface area contributed by atoms with Crippen molar-refractivity contribution < 1.29 is 10.1 Å². The zero-order valence-corrected chi connectivity index (χ0v) is 15.2. The Hall–Kier alpha value is -1.22. The van der Waals surface area contributed by atoms with Crippen LogP contribution >= 0.6 is 23.2 Å². The zero-order chi connectivity index (χ0) is 16.7. The van der Waals surface area contributed by atoms with Gasteiger partial charge in [0.05, 0.1) is 19.7 Å². The highest BCUT2D eigenvalue weighted by Gasteiger charge is 2.07. The summed E-state index contributed by atoms with van der Waals surface area (Å²) in [6.45, 7) is 3.30. The first kappa shape index (κ1) is 18.1. The number of rotatable bonds is 8. The molecule has 0 aliphatic rings. The topological polar surface area (TPSA) is 25.8 Å². The van der Waals surface area contributed by atoms with E-state index in [1.54, 1.807) is 7.11 Å². The fourth-order valence-corrected chi connectivity index (χ4v) is 3.06. The average Bonchev–Trinajstić information content (AvgIpc) is 2.55. The van der Waals surface area contributed by atoms with Crippen molar-refractivity contribution >= 4 is 23.2 Å². The number of nitrogens with two attached hydrogens (primary N) is 1. The van der Waals surface area contributed by atoms with Gasteiger partial charge in [-0.2, -0.15) is 0 Å². The molecule has 23 heavy (non-hydrogen) atoms. The Bertz CT molecular complexity index is 613. The molecule has 0 aliphatic heterocycles. The predicted octanol–water partition coefficient (Wildman–Crippen LogP) is 4.13. The molecular formula is C19H24Cl2NO+. The normalized spacial score (nSPS) is 12.2. The van der Waals surface area contributed by atoms with Gasteiger partial charge in [-0.25, -0.2) is 0 Å².